The molecule has 0 heterocycles. The summed E-state index contributed by atoms with van der Waals surface area (Å²) in [5, 5.41) is 0. The van der Waals surface area contributed by atoms with E-state index in [2.05, 4.69) is 0 Å². The van der Waals surface area contributed by atoms with Crippen LogP contribution in [-0.2, 0) is 9.53 Å². The lowest BCUT2D eigenvalue weighted by Crippen LogP contribution is -2.31. The minimum atomic E-state index is -0.881. The Morgan fingerprint density at radius 2 is 2.00 bits per heavy atom. The Bertz CT molecular complexity index is 424. The summed E-state index contributed by atoms with van der Waals surface area (Å²) in [6.45, 7) is 6.94. The molecule has 2 N–H and O–H groups in total. The number of benzene rings is 1. The first kappa shape index (κ1) is 13.6. The van der Waals surface area contributed by atoms with E-state index in [0.29, 0.717) is 11.1 Å². The number of nitrogens with two attached hydrogens (primary N) is 1. The molecule has 0 aliphatic carbocycles. The zero-order valence-corrected chi connectivity index (χ0v) is 10.6. The third-order valence-electron chi connectivity index (χ3n) is 2.20. The Morgan fingerprint density at radius 1 is 1.41 bits per heavy atom. The third-order valence-corrected chi connectivity index (χ3v) is 2.20. The first-order valence-corrected chi connectivity index (χ1v) is 5.45. The monoisotopic (exact) mass is 239 g/mol. The molecule has 17 heavy (non-hydrogen) atoms. The lowest BCUT2D eigenvalue weighted by molar-refractivity contribution is -0.156. The van der Waals surface area contributed by atoms with Gasteiger partial charge in [0.15, 0.2) is 0 Å². The second-order valence-corrected chi connectivity index (χ2v) is 5.02. The van der Waals surface area contributed by atoms with Gasteiger partial charge in [-0.15, -0.1) is 0 Å². The van der Waals surface area contributed by atoms with Crippen molar-refractivity contribution in [1.29, 1.82) is 0 Å². The number of rotatable bonds is 2. The maximum absolute atomic E-state index is 13.1. The normalized spacial score (nSPS) is 13.3. The second-order valence-electron chi connectivity index (χ2n) is 5.02. The van der Waals surface area contributed by atoms with Crippen LogP contribution in [0, 0.1) is 12.7 Å². The Balaban J connectivity index is 2.85. The zero-order valence-electron chi connectivity index (χ0n) is 10.6. The fourth-order valence-corrected chi connectivity index (χ4v) is 1.36. The van der Waals surface area contributed by atoms with Gasteiger partial charge in [0.2, 0.25) is 0 Å². The van der Waals surface area contributed by atoms with E-state index in [-0.39, 0.29) is 5.82 Å². The number of hydrogen-bond donors (Lipinski definition) is 1. The smallest absolute Gasteiger partial charge is 0.328 e. The first-order valence-electron chi connectivity index (χ1n) is 5.45. The molecule has 0 amide bonds. The van der Waals surface area contributed by atoms with Crippen LogP contribution in [0.2, 0.25) is 0 Å². The van der Waals surface area contributed by atoms with Gasteiger partial charge in [0.1, 0.15) is 17.5 Å². The van der Waals surface area contributed by atoms with Gasteiger partial charge in [-0.1, -0.05) is 12.1 Å². The van der Waals surface area contributed by atoms with Gasteiger partial charge in [0.05, 0.1) is 0 Å². The Kier molecular flexibility index (Phi) is 3.88. The highest BCUT2D eigenvalue weighted by Crippen LogP contribution is 2.18. The number of esters is 1. The van der Waals surface area contributed by atoms with E-state index in [0.717, 1.165) is 0 Å². The second kappa shape index (κ2) is 4.84. The molecule has 0 saturated carbocycles. The maximum atomic E-state index is 13.1. The summed E-state index contributed by atoms with van der Waals surface area (Å²) in [7, 11) is 0. The molecule has 0 aliphatic heterocycles. The van der Waals surface area contributed by atoms with E-state index in [1.165, 1.54) is 12.1 Å². The fourth-order valence-electron chi connectivity index (χ4n) is 1.36. The van der Waals surface area contributed by atoms with Crippen molar-refractivity contribution in [1.82, 2.24) is 0 Å². The highest BCUT2D eigenvalue weighted by atomic mass is 19.1. The van der Waals surface area contributed by atoms with Crippen LogP contribution in [0.4, 0.5) is 4.39 Å². The molecule has 1 aromatic rings. The molecule has 0 aromatic heterocycles. The lowest BCUT2D eigenvalue weighted by atomic mass is 10.0. The fraction of sp³-hybridized carbons (Fsp3) is 0.462. The molecule has 0 radical (unpaired) electrons. The summed E-state index contributed by atoms with van der Waals surface area (Å²) in [4.78, 5) is 11.7. The van der Waals surface area contributed by atoms with Gasteiger partial charge in [-0.25, -0.2) is 9.18 Å². The van der Waals surface area contributed by atoms with Crippen LogP contribution < -0.4 is 5.73 Å². The summed E-state index contributed by atoms with van der Waals surface area (Å²) in [6, 6.07) is 3.48. The van der Waals surface area contributed by atoms with Gasteiger partial charge in [-0.3, -0.25) is 0 Å². The quantitative estimate of drug-likeness (QED) is 0.807. The van der Waals surface area contributed by atoms with Crippen LogP contribution in [0.5, 0.6) is 0 Å². The van der Waals surface area contributed by atoms with Crippen LogP contribution in [0.15, 0.2) is 18.2 Å². The highest BCUT2D eigenvalue weighted by Gasteiger charge is 2.23. The summed E-state index contributed by atoms with van der Waals surface area (Å²) < 4.78 is 18.2. The Morgan fingerprint density at radius 3 is 2.47 bits per heavy atom. The molecule has 0 fully saturated rings. The van der Waals surface area contributed by atoms with Crippen molar-refractivity contribution in [2.75, 3.05) is 0 Å². The molecule has 1 atom stereocenters. The molecular formula is C13H18FNO2. The number of hydrogen-bond acceptors (Lipinski definition) is 3. The van der Waals surface area contributed by atoms with Crippen molar-refractivity contribution in [3.8, 4) is 0 Å². The molecule has 1 unspecified atom stereocenters. The summed E-state index contributed by atoms with van der Waals surface area (Å²) in [5.74, 6) is -0.825. The summed E-state index contributed by atoms with van der Waals surface area (Å²) in [5.41, 5.74) is 6.20. The van der Waals surface area contributed by atoms with E-state index >= 15 is 0 Å². The van der Waals surface area contributed by atoms with Crippen molar-refractivity contribution < 1.29 is 13.9 Å². The van der Waals surface area contributed by atoms with Crippen LogP contribution in [0.1, 0.15) is 37.9 Å². The topological polar surface area (TPSA) is 52.3 Å². The third kappa shape index (κ3) is 3.82. The molecule has 0 spiro atoms. The lowest BCUT2D eigenvalue weighted by Gasteiger charge is -2.22. The van der Waals surface area contributed by atoms with Crippen molar-refractivity contribution >= 4 is 5.97 Å². The first-order chi connectivity index (χ1) is 7.70. The zero-order chi connectivity index (χ0) is 13.2. The molecule has 0 saturated heterocycles. The average molecular weight is 239 g/mol. The molecule has 1 rings (SSSR count). The summed E-state index contributed by atoms with van der Waals surface area (Å²) in [6.07, 6.45) is 0. The van der Waals surface area contributed by atoms with Crippen molar-refractivity contribution in [2.45, 2.75) is 39.3 Å². The van der Waals surface area contributed by atoms with Gasteiger partial charge in [0.25, 0.3) is 0 Å². The minimum absolute atomic E-state index is 0.315. The predicted molar refractivity (Wildman–Crippen MR) is 63.9 cm³/mol. The molecule has 0 bridgehead atoms. The molecule has 0 aliphatic rings. The minimum Gasteiger partial charge on any atom is -0.459 e. The van der Waals surface area contributed by atoms with Crippen molar-refractivity contribution in [3.63, 3.8) is 0 Å². The number of aryl methyl sites for hydroxylation is 1. The predicted octanol–water partition coefficient (Wildman–Crippen LogP) is 2.48. The van der Waals surface area contributed by atoms with E-state index in [9.17, 15) is 9.18 Å². The van der Waals surface area contributed by atoms with Crippen LogP contribution >= 0.6 is 0 Å². The molecule has 1 aromatic carbocycles. The summed E-state index contributed by atoms with van der Waals surface area (Å²) >= 11 is 0. The number of ether oxygens (including phenoxy) is 1. The van der Waals surface area contributed by atoms with Crippen LogP contribution in [-0.4, -0.2) is 11.6 Å². The van der Waals surface area contributed by atoms with Crippen LogP contribution in [0.25, 0.3) is 0 Å². The van der Waals surface area contributed by atoms with Crippen molar-refractivity contribution in [3.05, 3.63) is 35.1 Å². The molecule has 4 heteroatoms. The Labute approximate surface area is 101 Å². The van der Waals surface area contributed by atoms with E-state index in [4.69, 9.17) is 10.5 Å². The largest absolute Gasteiger partial charge is 0.459 e. The number of carbonyl (C=O) groups is 1. The van der Waals surface area contributed by atoms with Gasteiger partial charge in [-0.05, 0) is 44.9 Å². The van der Waals surface area contributed by atoms with Gasteiger partial charge < -0.3 is 10.5 Å². The van der Waals surface area contributed by atoms with Gasteiger partial charge in [-0.2, -0.15) is 0 Å². The number of halogens is 1. The SMILES string of the molecule is Cc1cc(C(N)C(=O)OC(C)(C)C)ccc1F. The molecular weight excluding hydrogens is 221 g/mol. The standard InChI is InChI=1S/C13H18FNO2/c1-8-7-9(5-6-10(8)14)11(15)12(16)17-13(2,3)4/h5-7,11H,15H2,1-4H3. The van der Waals surface area contributed by atoms with Crippen molar-refractivity contribution in [2.24, 2.45) is 5.73 Å². The average Bonchev–Trinajstić information content (AvgIpc) is 2.18. The van der Waals surface area contributed by atoms with Crippen LogP contribution in [0.3, 0.4) is 0 Å². The number of carbonyl (C=O) groups excluding carboxylic acids is 1. The van der Waals surface area contributed by atoms with Gasteiger partial charge >= 0.3 is 5.97 Å². The van der Waals surface area contributed by atoms with E-state index in [1.807, 2.05) is 0 Å². The maximum Gasteiger partial charge on any atom is 0.328 e. The van der Waals surface area contributed by atoms with E-state index in [1.54, 1.807) is 33.8 Å². The van der Waals surface area contributed by atoms with Gasteiger partial charge in [0, 0.05) is 0 Å². The Hall–Kier alpha value is -1.42. The van der Waals surface area contributed by atoms with E-state index < -0.39 is 17.6 Å². The molecule has 94 valence electrons. The highest BCUT2D eigenvalue weighted by molar-refractivity contribution is 5.77. The molecule has 3 nitrogen and oxygen atoms in total.